The molecule has 2 aromatic carbocycles. The SMILES string of the molecule is CCc1ccccc1Nc1ccc(F)cc1N. The molecule has 3 N–H and O–H groups in total. The monoisotopic (exact) mass is 230 g/mol. The van der Waals surface area contributed by atoms with Crippen molar-refractivity contribution in [3.8, 4) is 0 Å². The largest absolute Gasteiger partial charge is 0.397 e. The minimum Gasteiger partial charge on any atom is -0.397 e. The highest BCUT2D eigenvalue weighted by Crippen LogP contribution is 2.26. The molecule has 0 saturated carbocycles. The number of benzene rings is 2. The maximum absolute atomic E-state index is 12.9. The molecule has 0 unspecified atom stereocenters. The Bertz CT molecular complexity index is 523. The molecule has 0 aliphatic heterocycles. The van der Waals surface area contributed by atoms with E-state index in [4.69, 9.17) is 5.73 Å². The first-order chi connectivity index (χ1) is 8.20. The summed E-state index contributed by atoms with van der Waals surface area (Å²) in [4.78, 5) is 0. The second kappa shape index (κ2) is 4.87. The van der Waals surface area contributed by atoms with Crippen molar-refractivity contribution in [2.45, 2.75) is 13.3 Å². The van der Waals surface area contributed by atoms with E-state index < -0.39 is 0 Å². The Morgan fingerprint density at radius 1 is 1.12 bits per heavy atom. The van der Waals surface area contributed by atoms with E-state index in [0.29, 0.717) is 5.69 Å². The predicted molar refractivity (Wildman–Crippen MR) is 69.9 cm³/mol. The summed E-state index contributed by atoms with van der Waals surface area (Å²) in [7, 11) is 0. The molecule has 0 fully saturated rings. The highest BCUT2D eigenvalue weighted by atomic mass is 19.1. The van der Waals surface area contributed by atoms with Gasteiger partial charge in [-0.1, -0.05) is 25.1 Å². The fraction of sp³-hybridized carbons (Fsp3) is 0.143. The number of para-hydroxylation sites is 1. The summed E-state index contributed by atoms with van der Waals surface area (Å²) in [5.41, 5.74) is 9.11. The van der Waals surface area contributed by atoms with Crippen molar-refractivity contribution in [3.63, 3.8) is 0 Å². The molecule has 2 aromatic rings. The zero-order valence-corrected chi connectivity index (χ0v) is 9.70. The van der Waals surface area contributed by atoms with Crippen LogP contribution < -0.4 is 11.1 Å². The second-order valence-electron chi connectivity index (χ2n) is 3.87. The summed E-state index contributed by atoms with van der Waals surface area (Å²) in [6, 6.07) is 12.4. The lowest BCUT2D eigenvalue weighted by Gasteiger charge is -2.12. The minimum absolute atomic E-state index is 0.322. The van der Waals surface area contributed by atoms with E-state index in [1.54, 1.807) is 6.07 Å². The first kappa shape index (κ1) is 11.5. The van der Waals surface area contributed by atoms with Gasteiger partial charge in [-0.3, -0.25) is 0 Å². The van der Waals surface area contributed by atoms with Gasteiger partial charge in [-0.05, 0) is 36.2 Å². The van der Waals surface area contributed by atoms with Crippen LogP contribution in [0.15, 0.2) is 42.5 Å². The number of rotatable bonds is 3. The van der Waals surface area contributed by atoms with Gasteiger partial charge in [0.25, 0.3) is 0 Å². The fourth-order valence-electron chi connectivity index (χ4n) is 1.74. The summed E-state index contributed by atoms with van der Waals surface area (Å²) >= 11 is 0. The number of hydrogen-bond donors (Lipinski definition) is 2. The molecule has 17 heavy (non-hydrogen) atoms. The van der Waals surface area contributed by atoms with Gasteiger partial charge in [0, 0.05) is 5.69 Å². The van der Waals surface area contributed by atoms with Crippen LogP contribution >= 0.6 is 0 Å². The third kappa shape index (κ3) is 2.56. The highest BCUT2D eigenvalue weighted by molar-refractivity contribution is 5.73. The Balaban J connectivity index is 2.31. The van der Waals surface area contributed by atoms with Crippen molar-refractivity contribution < 1.29 is 4.39 Å². The van der Waals surface area contributed by atoms with Gasteiger partial charge in [0.2, 0.25) is 0 Å². The maximum Gasteiger partial charge on any atom is 0.125 e. The average Bonchev–Trinajstić information content (AvgIpc) is 2.33. The number of nitrogens with one attached hydrogen (secondary N) is 1. The lowest BCUT2D eigenvalue weighted by Crippen LogP contribution is -1.99. The number of nitrogens with two attached hydrogens (primary N) is 1. The minimum atomic E-state index is -0.322. The van der Waals surface area contributed by atoms with Gasteiger partial charge in [0.15, 0.2) is 0 Å². The number of hydrogen-bond acceptors (Lipinski definition) is 2. The van der Waals surface area contributed by atoms with E-state index in [1.165, 1.54) is 17.7 Å². The number of nitrogen functional groups attached to an aromatic ring is 1. The molecule has 0 saturated heterocycles. The summed E-state index contributed by atoms with van der Waals surface area (Å²) in [5, 5.41) is 3.23. The molecule has 88 valence electrons. The third-order valence-electron chi connectivity index (χ3n) is 2.68. The normalized spacial score (nSPS) is 10.2. The Kier molecular flexibility index (Phi) is 3.28. The quantitative estimate of drug-likeness (QED) is 0.789. The number of anilines is 3. The molecule has 0 aliphatic rings. The van der Waals surface area contributed by atoms with Crippen molar-refractivity contribution in [2.24, 2.45) is 0 Å². The number of halogens is 1. The molecule has 0 amide bonds. The van der Waals surface area contributed by atoms with Crippen molar-refractivity contribution in [1.82, 2.24) is 0 Å². The third-order valence-corrected chi connectivity index (χ3v) is 2.68. The van der Waals surface area contributed by atoms with Gasteiger partial charge in [-0.2, -0.15) is 0 Å². The first-order valence-corrected chi connectivity index (χ1v) is 5.60. The van der Waals surface area contributed by atoms with Crippen LogP contribution in [0.3, 0.4) is 0 Å². The standard InChI is InChI=1S/C14H15FN2/c1-2-10-5-3-4-6-13(10)17-14-8-7-11(15)9-12(14)16/h3-9,17H,2,16H2,1H3. The molecule has 0 spiro atoms. The Morgan fingerprint density at radius 3 is 2.59 bits per heavy atom. The van der Waals surface area contributed by atoms with Crippen molar-refractivity contribution in [2.75, 3.05) is 11.1 Å². The molecule has 0 atom stereocenters. The zero-order valence-electron chi connectivity index (χ0n) is 9.70. The molecule has 0 heterocycles. The lowest BCUT2D eigenvalue weighted by molar-refractivity contribution is 0.628. The highest BCUT2D eigenvalue weighted by Gasteiger charge is 2.03. The molecule has 0 radical (unpaired) electrons. The number of aryl methyl sites for hydroxylation is 1. The van der Waals surface area contributed by atoms with Crippen LogP contribution in [0.1, 0.15) is 12.5 Å². The Labute approximate surface area is 100 Å². The summed E-state index contributed by atoms with van der Waals surface area (Å²) in [6.45, 7) is 2.09. The van der Waals surface area contributed by atoms with Crippen molar-refractivity contribution in [3.05, 3.63) is 53.8 Å². The lowest BCUT2D eigenvalue weighted by atomic mass is 10.1. The molecular formula is C14H15FN2. The average molecular weight is 230 g/mol. The van der Waals surface area contributed by atoms with Gasteiger partial charge in [-0.15, -0.1) is 0 Å². The van der Waals surface area contributed by atoms with E-state index >= 15 is 0 Å². The Morgan fingerprint density at radius 2 is 1.88 bits per heavy atom. The van der Waals surface area contributed by atoms with Gasteiger partial charge in [-0.25, -0.2) is 4.39 Å². The van der Waals surface area contributed by atoms with Crippen LogP contribution in [0, 0.1) is 5.82 Å². The van der Waals surface area contributed by atoms with Crippen LogP contribution in [-0.4, -0.2) is 0 Å². The van der Waals surface area contributed by atoms with Gasteiger partial charge < -0.3 is 11.1 Å². The smallest absolute Gasteiger partial charge is 0.125 e. The maximum atomic E-state index is 12.9. The van der Waals surface area contributed by atoms with Gasteiger partial charge in [0.05, 0.1) is 11.4 Å². The van der Waals surface area contributed by atoms with Crippen LogP contribution in [0.25, 0.3) is 0 Å². The summed E-state index contributed by atoms with van der Waals surface area (Å²) in [5.74, 6) is -0.322. The molecular weight excluding hydrogens is 215 g/mol. The van der Waals surface area contributed by atoms with E-state index in [0.717, 1.165) is 17.8 Å². The van der Waals surface area contributed by atoms with E-state index in [-0.39, 0.29) is 5.82 Å². The molecule has 0 aliphatic carbocycles. The first-order valence-electron chi connectivity index (χ1n) is 5.60. The van der Waals surface area contributed by atoms with Crippen LogP contribution in [0.4, 0.5) is 21.5 Å². The van der Waals surface area contributed by atoms with Crippen molar-refractivity contribution in [1.29, 1.82) is 0 Å². The fourth-order valence-corrected chi connectivity index (χ4v) is 1.74. The summed E-state index contributed by atoms with van der Waals surface area (Å²) < 4.78 is 12.9. The molecule has 2 nitrogen and oxygen atoms in total. The molecule has 2 rings (SSSR count). The van der Waals surface area contributed by atoms with Crippen LogP contribution in [0.5, 0.6) is 0 Å². The Hall–Kier alpha value is -2.03. The van der Waals surface area contributed by atoms with Crippen LogP contribution in [-0.2, 0) is 6.42 Å². The van der Waals surface area contributed by atoms with Crippen molar-refractivity contribution >= 4 is 17.1 Å². The van der Waals surface area contributed by atoms with Gasteiger partial charge >= 0.3 is 0 Å². The zero-order chi connectivity index (χ0) is 12.3. The van der Waals surface area contributed by atoms with Crippen LogP contribution in [0.2, 0.25) is 0 Å². The molecule has 0 aromatic heterocycles. The predicted octanol–water partition coefficient (Wildman–Crippen LogP) is 3.71. The van der Waals surface area contributed by atoms with E-state index in [2.05, 4.69) is 18.3 Å². The topological polar surface area (TPSA) is 38.0 Å². The second-order valence-corrected chi connectivity index (χ2v) is 3.87. The molecule has 3 heteroatoms. The van der Waals surface area contributed by atoms with E-state index in [9.17, 15) is 4.39 Å². The van der Waals surface area contributed by atoms with Gasteiger partial charge in [0.1, 0.15) is 5.82 Å². The van der Waals surface area contributed by atoms with E-state index in [1.807, 2.05) is 18.2 Å². The molecule has 0 bridgehead atoms. The summed E-state index contributed by atoms with van der Waals surface area (Å²) in [6.07, 6.45) is 0.935.